The zero-order valence-electron chi connectivity index (χ0n) is 16.6. The number of hydrogen-bond donors (Lipinski definition) is 1. The molecule has 148 valence electrons. The van der Waals surface area contributed by atoms with Crippen molar-refractivity contribution >= 4 is 23.9 Å². The fourth-order valence-corrected chi connectivity index (χ4v) is 2.90. The van der Waals surface area contributed by atoms with Gasteiger partial charge < -0.3 is 15.0 Å². The lowest BCUT2D eigenvalue weighted by atomic mass is 9.90. The number of benzene rings is 1. The number of amides is 2. The van der Waals surface area contributed by atoms with Gasteiger partial charge in [-0.05, 0) is 30.0 Å². The molecule has 0 aromatic heterocycles. The van der Waals surface area contributed by atoms with Crippen LogP contribution in [-0.4, -0.2) is 34.8 Å². The molecule has 28 heavy (non-hydrogen) atoms. The summed E-state index contributed by atoms with van der Waals surface area (Å²) in [6, 6.07) is 9.07. The lowest BCUT2D eigenvalue weighted by molar-refractivity contribution is -0.150. The first kappa shape index (κ1) is 21.2. The second-order valence-electron chi connectivity index (χ2n) is 7.27. The highest BCUT2D eigenvalue weighted by atomic mass is 16.5. The van der Waals surface area contributed by atoms with E-state index in [0.29, 0.717) is 0 Å². The van der Waals surface area contributed by atoms with Crippen LogP contribution in [0.5, 0.6) is 0 Å². The normalized spacial score (nSPS) is 17.3. The van der Waals surface area contributed by atoms with E-state index in [4.69, 9.17) is 4.74 Å². The monoisotopic (exact) mass is 383 g/mol. The highest BCUT2D eigenvalue weighted by Gasteiger charge is 2.31. The van der Waals surface area contributed by atoms with Crippen molar-refractivity contribution in [3.05, 3.63) is 41.6 Å². The molecule has 0 unspecified atom stereocenters. The number of carbonyl (C=O) groups is 3. The van der Waals surface area contributed by atoms with Gasteiger partial charge in [-0.2, -0.15) is 5.26 Å². The third kappa shape index (κ3) is 4.77. The van der Waals surface area contributed by atoms with E-state index < -0.39 is 30.1 Å². The van der Waals surface area contributed by atoms with Crippen molar-refractivity contribution < 1.29 is 19.1 Å². The van der Waals surface area contributed by atoms with Gasteiger partial charge in [0.1, 0.15) is 5.54 Å². The Kier molecular flexibility index (Phi) is 6.57. The number of carbonyl (C=O) groups excluding carboxylic acids is 3. The summed E-state index contributed by atoms with van der Waals surface area (Å²) in [4.78, 5) is 37.8. The van der Waals surface area contributed by atoms with Crippen molar-refractivity contribution in [2.24, 2.45) is 5.92 Å². The van der Waals surface area contributed by atoms with Crippen molar-refractivity contribution in [1.29, 1.82) is 5.26 Å². The maximum atomic E-state index is 12.3. The molecule has 0 fully saturated rings. The van der Waals surface area contributed by atoms with Crippen LogP contribution in [0.1, 0.15) is 51.3 Å². The van der Waals surface area contributed by atoms with Crippen LogP contribution in [0.25, 0.3) is 6.08 Å². The van der Waals surface area contributed by atoms with Crippen molar-refractivity contribution in [3.8, 4) is 6.07 Å². The van der Waals surface area contributed by atoms with Crippen LogP contribution in [0, 0.1) is 17.2 Å². The Balaban J connectivity index is 2.02. The summed E-state index contributed by atoms with van der Waals surface area (Å²) < 4.78 is 5.10. The van der Waals surface area contributed by atoms with E-state index in [9.17, 15) is 19.6 Å². The Morgan fingerprint density at radius 1 is 1.32 bits per heavy atom. The molecule has 1 aliphatic rings. The van der Waals surface area contributed by atoms with Crippen molar-refractivity contribution in [2.45, 2.75) is 45.7 Å². The largest absolute Gasteiger partial charge is 0.456 e. The van der Waals surface area contributed by atoms with Gasteiger partial charge in [-0.3, -0.25) is 14.4 Å². The minimum atomic E-state index is -1.04. The van der Waals surface area contributed by atoms with E-state index >= 15 is 0 Å². The number of ether oxygens (including phenoxy) is 1. The van der Waals surface area contributed by atoms with Crippen LogP contribution >= 0.6 is 0 Å². The molecule has 0 saturated carbocycles. The summed E-state index contributed by atoms with van der Waals surface area (Å²) in [5.74, 6) is -1.44. The average Bonchev–Trinajstić information content (AvgIpc) is 2.66. The van der Waals surface area contributed by atoms with Crippen molar-refractivity contribution in [2.75, 3.05) is 6.61 Å². The van der Waals surface area contributed by atoms with Gasteiger partial charge in [-0.15, -0.1) is 0 Å². The molecule has 0 saturated heterocycles. The average molecular weight is 383 g/mol. The smallest absolute Gasteiger partial charge is 0.308 e. The minimum absolute atomic E-state index is 0.0755. The fraction of sp³-hybridized carbons (Fsp3) is 0.429. The zero-order valence-corrected chi connectivity index (χ0v) is 16.6. The molecule has 1 N–H and O–H groups in total. The molecule has 1 aromatic carbocycles. The number of nitrogens with zero attached hydrogens (tertiary/aromatic N) is 2. The van der Waals surface area contributed by atoms with Gasteiger partial charge in [-0.1, -0.05) is 38.1 Å². The lowest BCUT2D eigenvalue weighted by Gasteiger charge is -2.32. The molecular weight excluding hydrogens is 358 g/mol. The summed E-state index contributed by atoms with van der Waals surface area (Å²) in [5, 5.41) is 11.8. The second kappa shape index (κ2) is 8.70. The minimum Gasteiger partial charge on any atom is -0.456 e. The van der Waals surface area contributed by atoms with Gasteiger partial charge in [0.15, 0.2) is 6.61 Å². The van der Waals surface area contributed by atoms with Gasteiger partial charge in [-0.25, -0.2) is 0 Å². The van der Waals surface area contributed by atoms with Crippen LogP contribution in [0.15, 0.2) is 30.5 Å². The summed E-state index contributed by atoms with van der Waals surface area (Å²) in [7, 11) is 0. The molecule has 1 aliphatic heterocycles. The van der Waals surface area contributed by atoms with Crippen molar-refractivity contribution in [3.63, 3.8) is 0 Å². The molecule has 7 heteroatoms. The van der Waals surface area contributed by atoms with Gasteiger partial charge in [0.25, 0.3) is 5.91 Å². The summed E-state index contributed by atoms with van der Waals surface area (Å²) in [6.45, 7) is 6.21. The van der Waals surface area contributed by atoms with E-state index in [0.717, 1.165) is 11.1 Å². The molecule has 0 spiro atoms. The fourth-order valence-electron chi connectivity index (χ4n) is 2.90. The molecule has 1 heterocycles. The maximum Gasteiger partial charge on any atom is 0.308 e. The molecule has 0 radical (unpaired) electrons. The van der Waals surface area contributed by atoms with Gasteiger partial charge in [0.05, 0.1) is 18.5 Å². The highest BCUT2D eigenvalue weighted by molar-refractivity contribution is 5.83. The first-order chi connectivity index (χ1) is 13.2. The van der Waals surface area contributed by atoms with E-state index in [1.54, 1.807) is 13.1 Å². The van der Waals surface area contributed by atoms with E-state index in [2.05, 4.69) is 11.4 Å². The Morgan fingerprint density at radius 2 is 2.00 bits per heavy atom. The standard InChI is InChI=1S/C21H25N3O4/c1-14(2)21(4,13-22)23-19(26)12-28-20(27)11-18-17-8-6-5-7-16(17)9-10-24(18)15(3)25/h5-10,14,18H,11-12H2,1-4H3,(H,23,26)/t18-,21-/m1/s1. The molecular formula is C21H25N3O4. The van der Waals surface area contributed by atoms with Crippen LogP contribution in [0.4, 0.5) is 0 Å². The predicted molar refractivity (Wildman–Crippen MR) is 103 cm³/mol. The van der Waals surface area contributed by atoms with Crippen molar-refractivity contribution in [1.82, 2.24) is 10.2 Å². The molecule has 2 rings (SSSR count). The van der Waals surface area contributed by atoms with Crippen LogP contribution in [0.3, 0.4) is 0 Å². The summed E-state index contributed by atoms with van der Waals surface area (Å²) in [5.41, 5.74) is 0.734. The van der Waals surface area contributed by atoms with Crippen LogP contribution in [-0.2, 0) is 19.1 Å². The first-order valence-corrected chi connectivity index (χ1v) is 9.12. The SMILES string of the molecule is CC(=O)N1C=Cc2ccccc2[C@H]1CC(=O)OCC(=O)N[C@](C)(C#N)C(C)C. The number of nitrogens with one attached hydrogen (secondary N) is 1. The number of nitriles is 1. The van der Waals surface area contributed by atoms with Gasteiger partial charge >= 0.3 is 5.97 Å². The molecule has 0 bridgehead atoms. The third-order valence-electron chi connectivity index (χ3n) is 4.98. The van der Waals surface area contributed by atoms with Gasteiger partial charge in [0, 0.05) is 13.1 Å². The second-order valence-corrected chi connectivity index (χ2v) is 7.27. The Labute approximate surface area is 165 Å². The predicted octanol–water partition coefficient (Wildman–Crippen LogP) is 2.55. The lowest BCUT2D eigenvalue weighted by Crippen LogP contribution is -2.50. The number of hydrogen-bond acceptors (Lipinski definition) is 5. The third-order valence-corrected chi connectivity index (χ3v) is 4.98. The van der Waals surface area contributed by atoms with Crippen LogP contribution in [0.2, 0.25) is 0 Å². The molecule has 1 aromatic rings. The van der Waals surface area contributed by atoms with E-state index in [-0.39, 0.29) is 18.2 Å². The summed E-state index contributed by atoms with van der Waals surface area (Å²) in [6.07, 6.45) is 3.39. The number of rotatable bonds is 6. The highest BCUT2D eigenvalue weighted by Crippen LogP contribution is 2.33. The molecule has 2 amide bonds. The van der Waals surface area contributed by atoms with E-state index in [1.807, 2.05) is 44.2 Å². The maximum absolute atomic E-state index is 12.3. The number of esters is 1. The van der Waals surface area contributed by atoms with Gasteiger partial charge in [0.2, 0.25) is 5.91 Å². The summed E-state index contributed by atoms with van der Waals surface area (Å²) >= 11 is 0. The quantitative estimate of drug-likeness (QED) is 0.761. The van der Waals surface area contributed by atoms with E-state index in [1.165, 1.54) is 11.8 Å². The Hall–Kier alpha value is -3.14. The topological polar surface area (TPSA) is 99.5 Å². The number of fused-ring (bicyclic) bond motifs is 1. The molecule has 2 atom stereocenters. The first-order valence-electron chi connectivity index (χ1n) is 9.12. The molecule has 0 aliphatic carbocycles. The zero-order chi connectivity index (χ0) is 20.9. The Bertz CT molecular complexity index is 840. The van der Waals surface area contributed by atoms with Crippen LogP contribution < -0.4 is 5.32 Å². The Morgan fingerprint density at radius 3 is 2.61 bits per heavy atom. The molecule has 7 nitrogen and oxygen atoms in total.